The van der Waals surface area contributed by atoms with Crippen LogP contribution in [0, 0.1) is 0 Å². The summed E-state index contributed by atoms with van der Waals surface area (Å²) in [5, 5.41) is 19.7. The molecule has 1 aromatic rings. The number of anilines is 1. The average molecular weight is 303 g/mol. The molecule has 2 rings (SSSR count). The van der Waals surface area contributed by atoms with E-state index in [0.717, 1.165) is 0 Å². The van der Waals surface area contributed by atoms with Gasteiger partial charge in [0.1, 0.15) is 24.4 Å². The fourth-order valence-electron chi connectivity index (χ4n) is 2.01. The van der Waals surface area contributed by atoms with E-state index in [4.69, 9.17) is 10.5 Å². The van der Waals surface area contributed by atoms with Crippen molar-refractivity contribution in [1.29, 1.82) is 0 Å². The van der Waals surface area contributed by atoms with Gasteiger partial charge in [0.05, 0.1) is 14.4 Å². The summed E-state index contributed by atoms with van der Waals surface area (Å²) in [6.45, 7) is -0.645. The monoisotopic (exact) mass is 303 g/mol. The van der Waals surface area contributed by atoms with E-state index in [2.05, 4.69) is 4.52 Å². The molecular formula is C11H14NO7P-2. The second kappa shape index (κ2) is 5.79. The number of rotatable bonds is 4. The van der Waals surface area contributed by atoms with Gasteiger partial charge in [-0.2, -0.15) is 0 Å². The Morgan fingerprint density at radius 2 is 1.85 bits per heavy atom. The van der Waals surface area contributed by atoms with E-state index in [-0.39, 0.29) is 0 Å². The maximum atomic E-state index is 10.4. The molecule has 0 bridgehead atoms. The minimum Gasteiger partial charge on any atom is -0.790 e. The smallest absolute Gasteiger partial charge is 0.113 e. The number of phosphoric acid groups is 1. The molecule has 112 valence electrons. The molecule has 9 heteroatoms. The van der Waals surface area contributed by atoms with Gasteiger partial charge in [-0.25, -0.2) is 0 Å². The van der Waals surface area contributed by atoms with Gasteiger partial charge in [0, 0.05) is 5.69 Å². The lowest BCUT2D eigenvalue weighted by Gasteiger charge is -2.30. The van der Waals surface area contributed by atoms with Crippen molar-refractivity contribution in [2.45, 2.75) is 24.4 Å². The van der Waals surface area contributed by atoms with Crippen LogP contribution in [0.3, 0.4) is 0 Å². The van der Waals surface area contributed by atoms with E-state index in [1.807, 2.05) is 0 Å². The van der Waals surface area contributed by atoms with Gasteiger partial charge >= 0.3 is 0 Å². The van der Waals surface area contributed by atoms with Gasteiger partial charge in [0.15, 0.2) is 0 Å². The van der Waals surface area contributed by atoms with Crippen LogP contribution in [0.4, 0.5) is 5.69 Å². The van der Waals surface area contributed by atoms with Crippen molar-refractivity contribution in [2.24, 2.45) is 0 Å². The first-order chi connectivity index (χ1) is 9.28. The van der Waals surface area contributed by atoms with Crippen molar-refractivity contribution in [3.63, 3.8) is 0 Å². The lowest BCUT2D eigenvalue weighted by atomic mass is 10.0. The zero-order valence-corrected chi connectivity index (χ0v) is 11.2. The maximum absolute atomic E-state index is 10.4. The second-order valence-electron chi connectivity index (χ2n) is 4.49. The topological polar surface area (TPSA) is 148 Å². The van der Waals surface area contributed by atoms with Crippen LogP contribution in [0.5, 0.6) is 0 Å². The Morgan fingerprint density at radius 1 is 1.25 bits per heavy atom. The Bertz CT molecular complexity index is 502. The molecule has 1 aliphatic rings. The SMILES string of the molecule is Nc1ccc([C@@H]2O[C@H](COP(=O)([O-])[O-])[C@@H](O)[C@H]2O)cc1. The number of aliphatic hydroxyl groups excluding tert-OH is 2. The van der Waals surface area contributed by atoms with E-state index in [9.17, 15) is 24.6 Å². The number of phosphoric ester groups is 1. The third-order valence-electron chi connectivity index (χ3n) is 3.02. The van der Waals surface area contributed by atoms with Gasteiger partial charge in [0.2, 0.25) is 0 Å². The number of nitrogen functional groups attached to an aromatic ring is 1. The molecule has 0 saturated carbocycles. The summed E-state index contributed by atoms with van der Waals surface area (Å²) in [6.07, 6.45) is -4.57. The molecule has 0 radical (unpaired) electrons. The highest BCUT2D eigenvalue weighted by molar-refractivity contribution is 7.43. The number of nitrogens with two attached hydrogens (primary N) is 1. The zero-order valence-electron chi connectivity index (χ0n) is 10.3. The highest BCUT2D eigenvalue weighted by Crippen LogP contribution is 2.35. The summed E-state index contributed by atoms with van der Waals surface area (Å²) in [7, 11) is -5.15. The maximum Gasteiger partial charge on any atom is 0.113 e. The molecule has 20 heavy (non-hydrogen) atoms. The molecular weight excluding hydrogens is 289 g/mol. The molecule has 0 amide bonds. The molecule has 0 aromatic heterocycles. The Labute approximate surface area is 115 Å². The van der Waals surface area contributed by atoms with E-state index in [1.54, 1.807) is 24.3 Å². The first-order valence-electron chi connectivity index (χ1n) is 5.81. The van der Waals surface area contributed by atoms with Gasteiger partial charge in [-0.05, 0) is 17.7 Å². The minimum atomic E-state index is -5.15. The number of hydrogen-bond acceptors (Lipinski definition) is 8. The van der Waals surface area contributed by atoms with E-state index in [0.29, 0.717) is 11.3 Å². The summed E-state index contributed by atoms with van der Waals surface area (Å²) < 4.78 is 19.8. The van der Waals surface area contributed by atoms with Crippen LogP contribution in [-0.2, 0) is 13.8 Å². The number of aliphatic hydroxyl groups is 2. The lowest BCUT2D eigenvalue weighted by Crippen LogP contribution is -2.34. The van der Waals surface area contributed by atoms with E-state index >= 15 is 0 Å². The molecule has 0 spiro atoms. The van der Waals surface area contributed by atoms with Gasteiger partial charge in [-0.15, -0.1) is 0 Å². The summed E-state index contributed by atoms with van der Waals surface area (Å²) in [5.41, 5.74) is 6.64. The van der Waals surface area contributed by atoms with Crippen molar-refractivity contribution in [2.75, 3.05) is 12.3 Å². The van der Waals surface area contributed by atoms with Crippen molar-refractivity contribution >= 4 is 13.5 Å². The second-order valence-corrected chi connectivity index (χ2v) is 5.64. The minimum absolute atomic E-state index is 0.528. The van der Waals surface area contributed by atoms with Crippen molar-refractivity contribution in [3.05, 3.63) is 29.8 Å². The van der Waals surface area contributed by atoms with Crippen molar-refractivity contribution in [3.8, 4) is 0 Å². The van der Waals surface area contributed by atoms with Crippen molar-refractivity contribution in [1.82, 2.24) is 0 Å². The lowest BCUT2D eigenvalue weighted by molar-refractivity contribution is -0.343. The predicted molar refractivity (Wildman–Crippen MR) is 64.0 cm³/mol. The molecule has 1 heterocycles. The molecule has 1 aliphatic heterocycles. The molecule has 1 aromatic carbocycles. The van der Waals surface area contributed by atoms with Crippen molar-refractivity contribution < 1.29 is 33.8 Å². The molecule has 4 atom stereocenters. The van der Waals surface area contributed by atoms with Crippen LogP contribution in [0.1, 0.15) is 11.7 Å². The van der Waals surface area contributed by atoms with Crippen LogP contribution in [-0.4, -0.2) is 35.1 Å². The fourth-order valence-corrected chi connectivity index (χ4v) is 2.34. The largest absolute Gasteiger partial charge is 0.790 e. The van der Waals surface area contributed by atoms with Gasteiger partial charge in [-0.3, -0.25) is 0 Å². The van der Waals surface area contributed by atoms with Crippen LogP contribution < -0.4 is 15.5 Å². The van der Waals surface area contributed by atoms with Crippen LogP contribution in [0.25, 0.3) is 0 Å². The third-order valence-corrected chi connectivity index (χ3v) is 3.49. The van der Waals surface area contributed by atoms with Gasteiger partial charge < -0.3 is 39.6 Å². The normalized spacial score (nSPS) is 30.6. The molecule has 8 nitrogen and oxygen atoms in total. The number of hydrogen-bond donors (Lipinski definition) is 3. The Hall–Kier alpha value is -0.990. The number of benzene rings is 1. The molecule has 0 aliphatic carbocycles. The first-order valence-corrected chi connectivity index (χ1v) is 7.27. The van der Waals surface area contributed by atoms with Crippen LogP contribution in [0.15, 0.2) is 24.3 Å². The summed E-state index contributed by atoms with van der Waals surface area (Å²) in [4.78, 5) is 20.8. The Kier molecular flexibility index (Phi) is 4.46. The highest BCUT2D eigenvalue weighted by Gasteiger charge is 2.43. The zero-order chi connectivity index (χ0) is 14.9. The summed E-state index contributed by atoms with van der Waals surface area (Å²) in [5.74, 6) is 0. The van der Waals surface area contributed by atoms with Crippen LogP contribution >= 0.6 is 7.82 Å². The Balaban J connectivity index is 2.06. The van der Waals surface area contributed by atoms with E-state index < -0.39 is 38.8 Å². The predicted octanol–water partition coefficient (Wildman–Crippen LogP) is -1.72. The summed E-state index contributed by atoms with van der Waals surface area (Å²) in [6, 6.07) is 6.44. The third kappa shape index (κ3) is 3.56. The molecule has 0 unspecified atom stereocenters. The average Bonchev–Trinajstić information content (AvgIpc) is 2.64. The highest BCUT2D eigenvalue weighted by atomic mass is 31.2. The standard InChI is InChI=1S/C11H16NO7P/c12-7-3-1-6(2-4-7)11-10(14)9(13)8(19-11)5-18-20(15,16)17/h1-4,8-11,13-14H,5,12H2,(H2,15,16,17)/p-2/t8-,9-,10-,11+/m1/s1. The van der Waals surface area contributed by atoms with Gasteiger partial charge in [0.25, 0.3) is 0 Å². The first kappa shape index (κ1) is 15.4. The van der Waals surface area contributed by atoms with Crippen LogP contribution in [0.2, 0.25) is 0 Å². The van der Waals surface area contributed by atoms with Gasteiger partial charge in [-0.1, -0.05) is 12.1 Å². The molecule has 1 fully saturated rings. The Morgan fingerprint density at radius 3 is 2.40 bits per heavy atom. The fraction of sp³-hybridized carbons (Fsp3) is 0.455. The number of ether oxygens (including phenoxy) is 1. The molecule has 4 N–H and O–H groups in total. The van der Waals surface area contributed by atoms with E-state index in [1.165, 1.54) is 0 Å². The quantitative estimate of drug-likeness (QED) is 0.439. The molecule has 1 saturated heterocycles. The summed E-state index contributed by atoms with van der Waals surface area (Å²) >= 11 is 0.